The molecule has 0 bridgehead atoms. The van der Waals surface area contributed by atoms with Crippen LogP contribution in [-0.2, 0) is 4.79 Å². The Kier molecular flexibility index (Phi) is 4.36. The Labute approximate surface area is 103 Å². The van der Waals surface area contributed by atoms with E-state index in [2.05, 4.69) is 0 Å². The highest BCUT2D eigenvalue weighted by molar-refractivity contribution is 5.94. The first kappa shape index (κ1) is 14.1. The van der Waals surface area contributed by atoms with Crippen molar-refractivity contribution in [3.05, 3.63) is 34.9 Å². The van der Waals surface area contributed by atoms with E-state index in [0.29, 0.717) is 6.07 Å². The maximum atomic E-state index is 13.4. The molecule has 1 aromatic carbocycles. The average molecular weight is 257 g/mol. The van der Waals surface area contributed by atoms with Crippen LogP contribution in [0, 0.1) is 18.6 Å². The number of carboxylic acids is 1. The third kappa shape index (κ3) is 3.26. The van der Waals surface area contributed by atoms with Crippen LogP contribution in [0.1, 0.15) is 22.3 Å². The molecule has 0 saturated carbocycles. The summed E-state index contributed by atoms with van der Waals surface area (Å²) in [4.78, 5) is 23.3. The van der Waals surface area contributed by atoms with Crippen LogP contribution in [0.3, 0.4) is 0 Å². The van der Waals surface area contributed by atoms with Gasteiger partial charge in [-0.15, -0.1) is 0 Å². The van der Waals surface area contributed by atoms with Crippen molar-refractivity contribution >= 4 is 11.9 Å². The molecule has 98 valence electrons. The zero-order valence-electron chi connectivity index (χ0n) is 10.0. The largest absolute Gasteiger partial charge is 0.481 e. The molecule has 0 heterocycles. The molecule has 0 aliphatic heterocycles. The van der Waals surface area contributed by atoms with Crippen LogP contribution in [0.5, 0.6) is 0 Å². The van der Waals surface area contributed by atoms with Crippen LogP contribution in [0.2, 0.25) is 0 Å². The molecular formula is C12H13F2NO3. The van der Waals surface area contributed by atoms with E-state index in [9.17, 15) is 18.4 Å². The summed E-state index contributed by atoms with van der Waals surface area (Å²) < 4.78 is 26.5. The third-order valence-electron chi connectivity index (χ3n) is 2.49. The van der Waals surface area contributed by atoms with Gasteiger partial charge in [0, 0.05) is 19.7 Å². The molecule has 0 saturated heterocycles. The molecule has 0 atom stereocenters. The van der Waals surface area contributed by atoms with Gasteiger partial charge in [-0.2, -0.15) is 0 Å². The Morgan fingerprint density at radius 3 is 2.44 bits per heavy atom. The van der Waals surface area contributed by atoms with E-state index in [1.165, 1.54) is 14.0 Å². The molecular weight excluding hydrogens is 244 g/mol. The second kappa shape index (κ2) is 5.57. The normalized spacial score (nSPS) is 10.2. The topological polar surface area (TPSA) is 57.6 Å². The second-order valence-electron chi connectivity index (χ2n) is 3.95. The molecule has 1 N–H and O–H groups in total. The van der Waals surface area contributed by atoms with Crippen molar-refractivity contribution in [1.82, 2.24) is 4.90 Å². The number of rotatable bonds is 4. The highest BCUT2D eigenvalue weighted by atomic mass is 19.1. The fraction of sp³-hybridized carbons (Fsp3) is 0.333. The quantitative estimate of drug-likeness (QED) is 0.895. The average Bonchev–Trinajstić information content (AvgIpc) is 2.29. The van der Waals surface area contributed by atoms with Gasteiger partial charge < -0.3 is 10.0 Å². The summed E-state index contributed by atoms with van der Waals surface area (Å²) in [7, 11) is 1.36. The zero-order chi connectivity index (χ0) is 13.9. The Morgan fingerprint density at radius 1 is 1.28 bits per heavy atom. The predicted octanol–water partition coefficient (Wildman–Crippen LogP) is 1.82. The molecule has 0 aliphatic rings. The summed E-state index contributed by atoms with van der Waals surface area (Å²) in [6, 6.07) is 1.76. The summed E-state index contributed by atoms with van der Waals surface area (Å²) in [5.74, 6) is -3.40. The van der Waals surface area contributed by atoms with E-state index in [-0.39, 0.29) is 24.1 Å². The molecule has 1 aromatic rings. The van der Waals surface area contributed by atoms with E-state index in [1.54, 1.807) is 0 Å². The summed E-state index contributed by atoms with van der Waals surface area (Å²) in [5, 5.41) is 8.49. The van der Waals surface area contributed by atoms with Gasteiger partial charge in [-0.3, -0.25) is 9.59 Å². The Hall–Kier alpha value is -1.98. The minimum absolute atomic E-state index is 0.0377. The fourth-order valence-corrected chi connectivity index (χ4v) is 1.39. The van der Waals surface area contributed by atoms with Crippen molar-refractivity contribution in [3.63, 3.8) is 0 Å². The second-order valence-corrected chi connectivity index (χ2v) is 3.95. The maximum absolute atomic E-state index is 13.4. The lowest BCUT2D eigenvalue weighted by atomic mass is 10.1. The van der Waals surface area contributed by atoms with E-state index < -0.39 is 23.5 Å². The number of aryl methyl sites for hydroxylation is 1. The first-order chi connectivity index (χ1) is 8.32. The SMILES string of the molecule is Cc1cc(C(=O)N(C)CCC(=O)O)c(F)cc1F. The van der Waals surface area contributed by atoms with Crippen LogP contribution in [-0.4, -0.2) is 35.5 Å². The Bertz CT molecular complexity index is 488. The summed E-state index contributed by atoms with van der Waals surface area (Å²) in [5.41, 5.74) is -0.104. The highest BCUT2D eigenvalue weighted by Crippen LogP contribution is 2.15. The molecule has 18 heavy (non-hydrogen) atoms. The van der Waals surface area contributed by atoms with E-state index in [4.69, 9.17) is 5.11 Å². The van der Waals surface area contributed by atoms with Gasteiger partial charge in [0.2, 0.25) is 0 Å². The summed E-state index contributed by atoms with van der Waals surface area (Å²) >= 11 is 0. The lowest BCUT2D eigenvalue weighted by Crippen LogP contribution is -2.29. The van der Waals surface area contributed by atoms with Crippen molar-refractivity contribution < 1.29 is 23.5 Å². The fourth-order valence-electron chi connectivity index (χ4n) is 1.39. The monoisotopic (exact) mass is 257 g/mol. The number of hydrogen-bond donors (Lipinski definition) is 1. The molecule has 1 rings (SSSR count). The van der Waals surface area contributed by atoms with Gasteiger partial charge in [0.05, 0.1) is 12.0 Å². The molecule has 4 nitrogen and oxygen atoms in total. The maximum Gasteiger partial charge on any atom is 0.305 e. The van der Waals surface area contributed by atoms with Crippen LogP contribution < -0.4 is 0 Å². The number of benzene rings is 1. The minimum atomic E-state index is -1.05. The number of carbonyl (C=O) groups excluding carboxylic acids is 1. The van der Waals surface area contributed by atoms with Gasteiger partial charge >= 0.3 is 5.97 Å². The van der Waals surface area contributed by atoms with Gasteiger partial charge in [0.15, 0.2) is 0 Å². The number of amides is 1. The lowest BCUT2D eigenvalue weighted by molar-refractivity contribution is -0.137. The van der Waals surface area contributed by atoms with Gasteiger partial charge in [-0.25, -0.2) is 8.78 Å². The van der Waals surface area contributed by atoms with Crippen LogP contribution in [0.15, 0.2) is 12.1 Å². The van der Waals surface area contributed by atoms with Crippen LogP contribution in [0.4, 0.5) is 8.78 Å². The molecule has 0 radical (unpaired) electrons. The van der Waals surface area contributed by atoms with Crippen molar-refractivity contribution in [2.24, 2.45) is 0 Å². The van der Waals surface area contributed by atoms with Crippen LogP contribution >= 0.6 is 0 Å². The first-order valence-corrected chi connectivity index (χ1v) is 5.26. The van der Waals surface area contributed by atoms with Gasteiger partial charge in [-0.1, -0.05) is 0 Å². The molecule has 0 fully saturated rings. The Balaban J connectivity index is 2.90. The first-order valence-electron chi connectivity index (χ1n) is 5.26. The predicted molar refractivity (Wildman–Crippen MR) is 60.3 cm³/mol. The number of carbonyl (C=O) groups is 2. The molecule has 0 spiro atoms. The standard InChI is InChI=1S/C12H13F2NO3/c1-7-5-8(10(14)6-9(7)13)12(18)15(2)4-3-11(16)17/h5-6H,3-4H2,1-2H3,(H,16,17). The van der Waals surface area contributed by atoms with Crippen LogP contribution in [0.25, 0.3) is 0 Å². The number of halogens is 2. The van der Waals surface area contributed by atoms with E-state index >= 15 is 0 Å². The molecule has 0 aliphatic carbocycles. The molecule has 1 amide bonds. The Morgan fingerprint density at radius 2 is 1.89 bits per heavy atom. The number of nitrogens with zero attached hydrogens (tertiary/aromatic N) is 1. The van der Waals surface area contributed by atoms with Gasteiger partial charge in [-0.05, 0) is 18.6 Å². The molecule has 0 aromatic heterocycles. The van der Waals surface area contributed by atoms with Gasteiger partial charge in [0.25, 0.3) is 5.91 Å². The third-order valence-corrected chi connectivity index (χ3v) is 2.49. The zero-order valence-corrected chi connectivity index (χ0v) is 10.0. The van der Waals surface area contributed by atoms with Crippen molar-refractivity contribution in [2.75, 3.05) is 13.6 Å². The molecule has 6 heteroatoms. The highest BCUT2D eigenvalue weighted by Gasteiger charge is 2.18. The lowest BCUT2D eigenvalue weighted by Gasteiger charge is -2.16. The van der Waals surface area contributed by atoms with E-state index in [1.807, 2.05) is 0 Å². The summed E-state index contributed by atoms with van der Waals surface area (Å²) in [6.07, 6.45) is -0.232. The van der Waals surface area contributed by atoms with Gasteiger partial charge in [0.1, 0.15) is 11.6 Å². The van der Waals surface area contributed by atoms with Crippen molar-refractivity contribution in [1.29, 1.82) is 0 Å². The summed E-state index contributed by atoms with van der Waals surface area (Å²) in [6.45, 7) is 1.38. The number of carboxylic acid groups (broad SMARTS) is 1. The minimum Gasteiger partial charge on any atom is -0.481 e. The number of hydrogen-bond acceptors (Lipinski definition) is 2. The number of aliphatic carboxylic acids is 1. The smallest absolute Gasteiger partial charge is 0.305 e. The van der Waals surface area contributed by atoms with Crippen molar-refractivity contribution in [3.8, 4) is 0 Å². The van der Waals surface area contributed by atoms with E-state index in [0.717, 1.165) is 11.0 Å². The molecule has 0 unspecified atom stereocenters. The van der Waals surface area contributed by atoms with Crippen molar-refractivity contribution in [2.45, 2.75) is 13.3 Å².